The Bertz CT molecular complexity index is 800. The fourth-order valence-corrected chi connectivity index (χ4v) is 4.84. The molecule has 0 radical (unpaired) electrons. The van der Waals surface area contributed by atoms with E-state index < -0.39 is 0 Å². The van der Waals surface area contributed by atoms with Crippen molar-refractivity contribution >= 4 is 22.6 Å². The molecule has 1 aliphatic carbocycles. The van der Waals surface area contributed by atoms with Gasteiger partial charge >= 0.3 is 0 Å². The van der Waals surface area contributed by atoms with Gasteiger partial charge in [-0.2, -0.15) is 0 Å². The lowest BCUT2D eigenvalue weighted by Crippen LogP contribution is -2.14. The molecule has 2 aliphatic rings. The highest BCUT2D eigenvalue weighted by molar-refractivity contribution is 8.14. The zero-order valence-electron chi connectivity index (χ0n) is 13.9. The molecule has 5 nitrogen and oxygen atoms in total. The second-order valence-electron chi connectivity index (χ2n) is 6.61. The van der Waals surface area contributed by atoms with Gasteiger partial charge in [0.15, 0.2) is 5.82 Å². The molecule has 2 aromatic rings. The first kappa shape index (κ1) is 15.7. The minimum Gasteiger partial charge on any atom is -0.268 e. The van der Waals surface area contributed by atoms with Crippen molar-refractivity contribution in [2.75, 3.05) is 0 Å². The summed E-state index contributed by atoms with van der Waals surface area (Å²) in [5.74, 6) is 0.831. The van der Waals surface area contributed by atoms with Gasteiger partial charge in [0, 0.05) is 12.4 Å². The van der Waals surface area contributed by atoms with Crippen LogP contribution < -0.4 is 5.56 Å². The summed E-state index contributed by atoms with van der Waals surface area (Å²) in [5.41, 5.74) is 1.83. The molecule has 1 atom stereocenters. The first-order chi connectivity index (χ1) is 11.7. The average molecular weight is 342 g/mol. The van der Waals surface area contributed by atoms with Gasteiger partial charge in [-0.15, -0.1) is 0 Å². The van der Waals surface area contributed by atoms with Crippen LogP contribution in [0.15, 0.2) is 34.3 Å². The van der Waals surface area contributed by atoms with Gasteiger partial charge in [-0.3, -0.25) is 19.6 Å². The van der Waals surface area contributed by atoms with Gasteiger partial charge in [0.25, 0.3) is 5.56 Å². The zero-order valence-corrected chi connectivity index (χ0v) is 14.7. The van der Waals surface area contributed by atoms with E-state index in [1.54, 1.807) is 18.0 Å². The van der Waals surface area contributed by atoms with Gasteiger partial charge in [-0.05, 0) is 31.4 Å². The lowest BCUT2D eigenvalue weighted by molar-refractivity contribution is 0.407. The first-order valence-electron chi connectivity index (χ1n) is 8.70. The number of fused-ring (bicyclic) bond motifs is 1. The topological polar surface area (TPSA) is 63.0 Å². The maximum absolute atomic E-state index is 12.7. The van der Waals surface area contributed by atoms with Crippen LogP contribution in [0.2, 0.25) is 0 Å². The molecule has 1 aliphatic heterocycles. The number of aromatic amines is 1. The number of pyridine rings is 1. The minimum atomic E-state index is -0.0259. The Balaban J connectivity index is 1.80. The van der Waals surface area contributed by atoms with E-state index in [1.165, 1.54) is 25.7 Å². The van der Waals surface area contributed by atoms with Crippen LogP contribution in [0.5, 0.6) is 0 Å². The van der Waals surface area contributed by atoms with E-state index in [-0.39, 0.29) is 10.8 Å². The van der Waals surface area contributed by atoms with Crippen molar-refractivity contribution in [3.8, 4) is 0 Å². The Morgan fingerprint density at radius 1 is 1.25 bits per heavy atom. The summed E-state index contributed by atoms with van der Waals surface area (Å²) >= 11 is 1.64. The van der Waals surface area contributed by atoms with Crippen LogP contribution >= 0.6 is 11.8 Å². The molecular formula is C18H22N4OS. The Labute approximate surface area is 145 Å². The molecular weight excluding hydrogens is 320 g/mol. The second-order valence-corrected chi connectivity index (χ2v) is 7.91. The summed E-state index contributed by atoms with van der Waals surface area (Å²) in [6, 6.07) is 4.32. The highest BCUT2D eigenvalue weighted by Gasteiger charge is 2.32. The fraction of sp³-hybridized carbons (Fsp3) is 0.500. The Morgan fingerprint density at radius 2 is 2.04 bits per heavy atom. The van der Waals surface area contributed by atoms with Crippen molar-refractivity contribution in [1.82, 2.24) is 14.8 Å². The third kappa shape index (κ3) is 2.83. The summed E-state index contributed by atoms with van der Waals surface area (Å²) in [4.78, 5) is 21.7. The van der Waals surface area contributed by atoms with Gasteiger partial charge in [-0.1, -0.05) is 43.5 Å². The number of aromatic nitrogens is 3. The Hall–Kier alpha value is -1.82. The molecule has 0 bridgehead atoms. The minimum absolute atomic E-state index is 0.00755. The molecule has 24 heavy (non-hydrogen) atoms. The molecule has 1 saturated carbocycles. The van der Waals surface area contributed by atoms with Crippen LogP contribution in [0.4, 0.5) is 5.82 Å². The molecule has 0 unspecified atom stereocenters. The predicted octanol–water partition coefficient (Wildman–Crippen LogP) is 4.35. The molecule has 126 valence electrons. The van der Waals surface area contributed by atoms with E-state index in [4.69, 9.17) is 4.99 Å². The summed E-state index contributed by atoms with van der Waals surface area (Å²) in [7, 11) is 0. The summed E-state index contributed by atoms with van der Waals surface area (Å²) in [6.07, 6.45) is 10.9. The Morgan fingerprint density at radius 3 is 2.75 bits per heavy atom. The third-order valence-electron chi connectivity index (χ3n) is 4.93. The van der Waals surface area contributed by atoms with E-state index in [9.17, 15) is 4.79 Å². The molecule has 2 aromatic heterocycles. The number of nitrogens with zero attached hydrogens (tertiary/aromatic N) is 3. The molecule has 4 rings (SSSR count). The van der Waals surface area contributed by atoms with E-state index in [0.717, 1.165) is 34.8 Å². The quantitative estimate of drug-likeness (QED) is 0.825. The number of aliphatic imine (C=N–C) groups is 1. The highest BCUT2D eigenvalue weighted by atomic mass is 32.2. The van der Waals surface area contributed by atoms with Gasteiger partial charge in [-0.25, -0.2) is 4.99 Å². The lowest BCUT2D eigenvalue weighted by Gasteiger charge is -2.23. The molecule has 0 saturated heterocycles. The van der Waals surface area contributed by atoms with Crippen molar-refractivity contribution in [2.24, 2.45) is 4.99 Å². The van der Waals surface area contributed by atoms with Crippen LogP contribution in [0.25, 0.3) is 0 Å². The van der Waals surface area contributed by atoms with Crippen LogP contribution in [-0.4, -0.2) is 19.8 Å². The predicted molar refractivity (Wildman–Crippen MR) is 98.2 cm³/mol. The van der Waals surface area contributed by atoms with Gasteiger partial charge in [0.1, 0.15) is 0 Å². The number of hydrogen-bond acceptors (Lipinski definition) is 4. The van der Waals surface area contributed by atoms with Crippen molar-refractivity contribution < 1.29 is 0 Å². The number of thioether (sulfide) groups is 1. The number of nitrogens with one attached hydrogen (secondary N) is 1. The molecule has 3 heterocycles. The van der Waals surface area contributed by atoms with E-state index in [0.29, 0.717) is 6.04 Å². The third-order valence-corrected chi connectivity index (χ3v) is 6.10. The molecule has 0 amide bonds. The highest BCUT2D eigenvalue weighted by Crippen LogP contribution is 2.44. The standard InChI is InChI=1S/C18H22N4OS/c1-12-20-17-15(16(24-12)13-7-6-10-19-11-13)18(23)21-22(17)14-8-4-2-3-5-9-14/h6-7,10-11,14,16H,2-5,8-9H2,1H3,(H,21,23)/t16-/m1/s1. The summed E-state index contributed by atoms with van der Waals surface area (Å²) in [5, 5.41) is 4.07. The SMILES string of the molecule is CC1=Nc2c(c(=O)[nH]n2C2CCCCCC2)[C@@H](c2cccnc2)S1. The van der Waals surface area contributed by atoms with Crippen molar-refractivity contribution in [1.29, 1.82) is 0 Å². The van der Waals surface area contributed by atoms with Crippen LogP contribution in [0, 0.1) is 0 Å². The van der Waals surface area contributed by atoms with Crippen LogP contribution in [-0.2, 0) is 0 Å². The number of hydrogen-bond donors (Lipinski definition) is 1. The van der Waals surface area contributed by atoms with Gasteiger partial charge < -0.3 is 0 Å². The summed E-state index contributed by atoms with van der Waals surface area (Å²) in [6.45, 7) is 2.02. The van der Waals surface area contributed by atoms with E-state index in [1.807, 2.05) is 25.3 Å². The molecule has 1 N–H and O–H groups in total. The molecule has 0 aromatic carbocycles. The van der Waals surface area contributed by atoms with Crippen LogP contribution in [0.1, 0.15) is 67.9 Å². The summed E-state index contributed by atoms with van der Waals surface area (Å²) < 4.78 is 2.05. The largest absolute Gasteiger partial charge is 0.271 e. The lowest BCUT2D eigenvalue weighted by atomic mass is 10.1. The number of rotatable bonds is 2. The maximum atomic E-state index is 12.7. The Kier molecular flexibility index (Phi) is 4.31. The van der Waals surface area contributed by atoms with Crippen molar-refractivity contribution in [3.63, 3.8) is 0 Å². The average Bonchev–Trinajstić information content (AvgIpc) is 2.79. The fourth-order valence-electron chi connectivity index (χ4n) is 3.76. The smallest absolute Gasteiger partial charge is 0.268 e. The normalized spacial score (nSPS) is 21.9. The second kappa shape index (κ2) is 6.59. The monoisotopic (exact) mass is 342 g/mol. The first-order valence-corrected chi connectivity index (χ1v) is 9.58. The van der Waals surface area contributed by atoms with Crippen LogP contribution in [0.3, 0.4) is 0 Å². The molecule has 0 spiro atoms. The van der Waals surface area contributed by atoms with Gasteiger partial charge in [0.05, 0.1) is 21.9 Å². The number of H-pyrrole nitrogens is 1. The van der Waals surface area contributed by atoms with E-state index >= 15 is 0 Å². The zero-order chi connectivity index (χ0) is 16.5. The van der Waals surface area contributed by atoms with Crippen molar-refractivity contribution in [2.45, 2.75) is 56.7 Å². The molecule has 6 heteroatoms. The molecule has 1 fully saturated rings. The van der Waals surface area contributed by atoms with Gasteiger partial charge in [0.2, 0.25) is 0 Å². The maximum Gasteiger partial charge on any atom is 0.271 e. The van der Waals surface area contributed by atoms with E-state index in [2.05, 4.69) is 14.8 Å². The van der Waals surface area contributed by atoms with Crippen molar-refractivity contribution in [3.05, 3.63) is 46.0 Å².